The first kappa shape index (κ1) is 18.4. The smallest absolute Gasteiger partial charge is 0.204 e. The molecular weight excluding hydrogens is 310 g/mol. The second-order valence-corrected chi connectivity index (χ2v) is 10.4. The van der Waals surface area contributed by atoms with Crippen LogP contribution in [0.2, 0.25) is 0 Å². The van der Waals surface area contributed by atoms with Crippen LogP contribution in [0.1, 0.15) is 25.0 Å². The van der Waals surface area contributed by atoms with Gasteiger partial charge in [-0.3, -0.25) is 9.13 Å². The van der Waals surface area contributed by atoms with E-state index in [1.54, 1.807) is 45.4 Å². The Morgan fingerprint density at radius 3 is 1.62 bits per heavy atom. The van der Waals surface area contributed by atoms with Crippen LogP contribution in [0, 0.1) is 0 Å². The highest BCUT2D eigenvalue weighted by Gasteiger charge is 2.20. The fourth-order valence-corrected chi connectivity index (χ4v) is 5.19. The topological polar surface area (TPSA) is 72.8 Å². The van der Waals surface area contributed by atoms with Gasteiger partial charge in [0.1, 0.15) is 5.75 Å². The Morgan fingerprint density at radius 2 is 1.29 bits per heavy atom. The molecule has 1 N–H and O–H groups in total. The Balaban J connectivity index is 2.95. The molecule has 0 spiro atoms. The Kier molecular flexibility index (Phi) is 6.68. The average Bonchev–Trinajstić information content (AvgIpc) is 2.25. The van der Waals surface area contributed by atoms with Gasteiger partial charge in [0.15, 0.2) is 0 Å². The number of phenols is 1. The van der Waals surface area contributed by atoms with E-state index in [0.29, 0.717) is 24.3 Å². The average molecular weight is 334 g/mol. The molecule has 0 radical (unpaired) electrons. The van der Waals surface area contributed by atoms with Gasteiger partial charge in [-0.05, 0) is 37.1 Å². The summed E-state index contributed by atoms with van der Waals surface area (Å²) in [6, 6.07) is 4.91. The predicted octanol–water partition coefficient (Wildman–Crippen LogP) is 4.28. The highest BCUT2D eigenvalue weighted by molar-refractivity contribution is 7.57. The Bertz CT molecular complexity index is 524. The third-order valence-electron chi connectivity index (χ3n) is 2.78. The molecule has 7 heteroatoms. The van der Waals surface area contributed by atoms with Gasteiger partial charge in [0.2, 0.25) is 14.7 Å². The zero-order valence-corrected chi connectivity index (χ0v) is 14.8. The summed E-state index contributed by atoms with van der Waals surface area (Å²) >= 11 is 0. The minimum atomic E-state index is -2.73. The fourth-order valence-electron chi connectivity index (χ4n) is 2.23. The number of hydrogen-bond acceptors (Lipinski definition) is 5. The molecular formula is C14H24O5P2. The van der Waals surface area contributed by atoms with Gasteiger partial charge < -0.3 is 14.2 Å². The molecule has 1 rings (SSSR count). The van der Waals surface area contributed by atoms with E-state index in [2.05, 4.69) is 0 Å². The molecule has 1 aromatic rings. The van der Waals surface area contributed by atoms with Crippen LogP contribution in [0.4, 0.5) is 0 Å². The van der Waals surface area contributed by atoms with Crippen molar-refractivity contribution in [1.82, 2.24) is 0 Å². The molecule has 1 aromatic carbocycles. The zero-order chi connectivity index (χ0) is 16.1. The Morgan fingerprint density at radius 1 is 0.905 bits per heavy atom. The Hall–Kier alpha value is -0.600. The van der Waals surface area contributed by atoms with Gasteiger partial charge in [-0.2, -0.15) is 0 Å². The third kappa shape index (κ3) is 6.80. The highest BCUT2D eigenvalue weighted by Crippen LogP contribution is 2.48. The molecule has 0 saturated carbocycles. The predicted molar refractivity (Wildman–Crippen MR) is 85.8 cm³/mol. The fraction of sp³-hybridized carbons (Fsp3) is 0.571. The molecule has 120 valence electrons. The summed E-state index contributed by atoms with van der Waals surface area (Å²) in [7, 11) is -5.46. The molecule has 0 heterocycles. The van der Waals surface area contributed by atoms with Crippen molar-refractivity contribution < 1.29 is 23.3 Å². The van der Waals surface area contributed by atoms with E-state index in [-0.39, 0.29) is 18.1 Å². The van der Waals surface area contributed by atoms with Crippen molar-refractivity contribution in [1.29, 1.82) is 0 Å². The lowest BCUT2D eigenvalue weighted by Gasteiger charge is -2.16. The van der Waals surface area contributed by atoms with E-state index in [1.807, 2.05) is 0 Å². The normalized spacial score (nSPS) is 17.1. The summed E-state index contributed by atoms with van der Waals surface area (Å²) in [6.45, 7) is 7.50. The van der Waals surface area contributed by atoms with E-state index in [9.17, 15) is 14.2 Å². The molecule has 0 amide bonds. The van der Waals surface area contributed by atoms with Crippen LogP contribution < -0.4 is 0 Å². The minimum absolute atomic E-state index is 0.0653. The Labute approximate surface area is 126 Å². The molecule has 2 atom stereocenters. The van der Waals surface area contributed by atoms with Crippen LogP contribution in [0.25, 0.3) is 0 Å². The van der Waals surface area contributed by atoms with Gasteiger partial charge in [0, 0.05) is 25.7 Å². The SMILES string of the molecule is CCOP(C)(=O)Cc1cc(O)cc(CP(C)(=O)OCC)c1. The van der Waals surface area contributed by atoms with E-state index in [4.69, 9.17) is 9.05 Å². The maximum Gasteiger partial charge on any atom is 0.204 e. The third-order valence-corrected chi connectivity index (χ3v) is 6.27. The van der Waals surface area contributed by atoms with Crippen molar-refractivity contribution in [2.75, 3.05) is 26.5 Å². The number of rotatable bonds is 8. The first-order chi connectivity index (χ1) is 9.67. The molecule has 2 unspecified atom stereocenters. The first-order valence-corrected chi connectivity index (χ1v) is 11.4. The van der Waals surface area contributed by atoms with Crippen molar-refractivity contribution in [3.63, 3.8) is 0 Å². The van der Waals surface area contributed by atoms with Gasteiger partial charge in [-0.1, -0.05) is 6.07 Å². The van der Waals surface area contributed by atoms with E-state index < -0.39 is 14.7 Å². The van der Waals surface area contributed by atoms with Crippen LogP contribution >= 0.6 is 14.7 Å². The number of benzene rings is 1. The van der Waals surface area contributed by atoms with Crippen molar-refractivity contribution in [3.8, 4) is 5.75 Å². The summed E-state index contributed by atoms with van der Waals surface area (Å²) in [5, 5.41) is 9.79. The summed E-state index contributed by atoms with van der Waals surface area (Å²) in [5.74, 6) is 0.0653. The summed E-state index contributed by atoms with van der Waals surface area (Å²) in [6.07, 6.45) is 0.482. The summed E-state index contributed by atoms with van der Waals surface area (Å²) < 4.78 is 34.9. The quantitative estimate of drug-likeness (QED) is 0.718. The highest BCUT2D eigenvalue weighted by atomic mass is 31.2. The molecule has 0 aliphatic heterocycles. The zero-order valence-electron chi connectivity index (χ0n) is 13.0. The van der Waals surface area contributed by atoms with Gasteiger partial charge in [-0.15, -0.1) is 0 Å². The van der Waals surface area contributed by atoms with E-state index in [1.165, 1.54) is 0 Å². The maximum absolute atomic E-state index is 12.2. The molecule has 21 heavy (non-hydrogen) atoms. The maximum atomic E-state index is 12.2. The second kappa shape index (κ2) is 7.60. The molecule has 0 aliphatic carbocycles. The van der Waals surface area contributed by atoms with Crippen molar-refractivity contribution in [2.24, 2.45) is 0 Å². The molecule has 0 saturated heterocycles. The molecule has 0 fully saturated rings. The summed E-state index contributed by atoms with van der Waals surface area (Å²) in [4.78, 5) is 0. The number of aromatic hydroxyl groups is 1. The standard InChI is InChI=1S/C14H24O5P2/c1-5-18-20(3,16)10-12-7-13(9-14(15)8-12)11-21(4,17)19-6-2/h7-9,15H,5-6,10-11H2,1-4H3. The molecule has 0 aliphatic rings. The molecule has 0 aromatic heterocycles. The van der Waals surface area contributed by atoms with Crippen molar-refractivity contribution in [3.05, 3.63) is 29.3 Å². The van der Waals surface area contributed by atoms with Crippen LogP contribution in [0.3, 0.4) is 0 Å². The first-order valence-electron chi connectivity index (χ1n) is 6.91. The van der Waals surface area contributed by atoms with E-state index >= 15 is 0 Å². The largest absolute Gasteiger partial charge is 0.508 e. The van der Waals surface area contributed by atoms with Crippen molar-refractivity contribution in [2.45, 2.75) is 26.2 Å². The minimum Gasteiger partial charge on any atom is -0.508 e. The van der Waals surface area contributed by atoms with E-state index in [0.717, 1.165) is 0 Å². The monoisotopic (exact) mass is 334 g/mol. The van der Waals surface area contributed by atoms with Gasteiger partial charge in [0.25, 0.3) is 0 Å². The lowest BCUT2D eigenvalue weighted by atomic mass is 10.1. The van der Waals surface area contributed by atoms with Gasteiger partial charge in [0.05, 0.1) is 13.2 Å². The second-order valence-electron chi connectivity index (χ2n) is 5.19. The number of phenolic OH excluding ortho intramolecular Hbond substituents is 1. The van der Waals surface area contributed by atoms with Gasteiger partial charge in [-0.25, -0.2) is 0 Å². The molecule has 0 bridgehead atoms. The number of hydrogen-bond donors (Lipinski definition) is 1. The van der Waals surface area contributed by atoms with Crippen LogP contribution in [-0.2, 0) is 30.5 Å². The lowest BCUT2D eigenvalue weighted by Crippen LogP contribution is -1.96. The van der Waals surface area contributed by atoms with Crippen LogP contribution in [0.5, 0.6) is 5.75 Å². The summed E-state index contributed by atoms with van der Waals surface area (Å²) in [5.41, 5.74) is 1.42. The van der Waals surface area contributed by atoms with Crippen molar-refractivity contribution >= 4 is 14.7 Å². The van der Waals surface area contributed by atoms with Crippen LogP contribution in [0.15, 0.2) is 18.2 Å². The lowest BCUT2D eigenvalue weighted by molar-refractivity contribution is 0.336. The molecule has 5 nitrogen and oxygen atoms in total. The van der Waals surface area contributed by atoms with Gasteiger partial charge >= 0.3 is 0 Å². The van der Waals surface area contributed by atoms with Crippen LogP contribution in [-0.4, -0.2) is 31.6 Å².